The number of morpholine rings is 1. The number of amides is 1. The molecule has 1 atom stereocenters. The van der Waals surface area contributed by atoms with Crippen LogP contribution in [0.3, 0.4) is 0 Å². The molecule has 0 radical (unpaired) electrons. The Morgan fingerprint density at radius 2 is 2.10 bits per heavy atom. The first kappa shape index (κ1) is 22.4. The average molecular weight is 475 g/mol. The number of thioether (sulfide) groups is 1. The summed E-state index contributed by atoms with van der Waals surface area (Å²) in [5.74, 6) is -0.823. The molecule has 3 rings (SSSR count). The number of halogens is 2. The van der Waals surface area contributed by atoms with E-state index in [9.17, 15) is 9.59 Å². The highest BCUT2D eigenvalue weighted by molar-refractivity contribution is 8.01. The van der Waals surface area contributed by atoms with Crippen LogP contribution in [0.1, 0.15) is 15.2 Å². The first-order valence-corrected chi connectivity index (χ1v) is 11.5. The van der Waals surface area contributed by atoms with Gasteiger partial charge in [0, 0.05) is 26.2 Å². The maximum Gasteiger partial charge on any atom is 0.345 e. The van der Waals surface area contributed by atoms with E-state index in [1.807, 2.05) is 12.1 Å². The molecule has 1 aliphatic heterocycles. The van der Waals surface area contributed by atoms with Gasteiger partial charge < -0.3 is 15.2 Å². The van der Waals surface area contributed by atoms with Crippen LogP contribution in [0.25, 0.3) is 0 Å². The average Bonchev–Trinajstić information content (AvgIpc) is 3.17. The van der Waals surface area contributed by atoms with Crippen molar-refractivity contribution in [3.05, 3.63) is 50.8 Å². The summed E-state index contributed by atoms with van der Waals surface area (Å²) >= 11 is 14.5. The highest BCUT2D eigenvalue weighted by atomic mass is 35.5. The van der Waals surface area contributed by atoms with Crippen molar-refractivity contribution in [2.24, 2.45) is 0 Å². The van der Waals surface area contributed by atoms with Gasteiger partial charge in [-0.1, -0.05) is 29.3 Å². The topological polar surface area (TPSA) is 78.9 Å². The molecule has 1 amide bonds. The Morgan fingerprint density at radius 3 is 2.83 bits per heavy atom. The van der Waals surface area contributed by atoms with E-state index in [1.165, 1.54) is 23.1 Å². The number of thiophene rings is 1. The van der Waals surface area contributed by atoms with Gasteiger partial charge in [-0.25, -0.2) is 4.79 Å². The van der Waals surface area contributed by atoms with Gasteiger partial charge in [0.05, 0.1) is 32.7 Å². The van der Waals surface area contributed by atoms with Gasteiger partial charge >= 0.3 is 5.97 Å². The zero-order valence-corrected chi connectivity index (χ0v) is 18.5. The van der Waals surface area contributed by atoms with Crippen LogP contribution in [-0.2, 0) is 16.1 Å². The van der Waals surface area contributed by atoms with Gasteiger partial charge in [-0.3, -0.25) is 9.69 Å². The van der Waals surface area contributed by atoms with E-state index >= 15 is 0 Å². The smallest absolute Gasteiger partial charge is 0.345 e. The zero-order valence-electron chi connectivity index (χ0n) is 15.4. The van der Waals surface area contributed by atoms with Crippen LogP contribution in [0.2, 0.25) is 10.0 Å². The fraction of sp³-hybridized carbons (Fsp3) is 0.368. The molecule has 1 fully saturated rings. The summed E-state index contributed by atoms with van der Waals surface area (Å²) in [5, 5.41) is 12.9. The molecule has 10 heteroatoms. The molecule has 1 aromatic heterocycles. The number of nitrogens with one attached hydrogen (secondary N) is 1. The molecule has 1 aromatic carbocycles. The molecule has 1 aliphatic rings. The first-order valence-electron chi connectivity index (χ1n) is 8.91. The van der Waals surface area contributed by atoms with Crippen molar-refractivity contribution in [2.45, 2.75) is 16.9 Å². The minimum atomic E-state index is -0.953. The summed E-state index contributed by atoms with van der Waals surface area (Å²) in [7, 11) is 0. The lowest BCUT2D eigenvalue weighted by molar-refractivity contribution is -0.119. The molecule has 156 valence electrons. The van der Waals surface area contributed by atoms with Gasteiger partial charge in [0.1, 0.15) is 4.88 Å². The highest BCUT2D eigenvalue weighted by Gasteiger charge is 2.21. The Balaban J connectivity index is 1.40. The molecule has 1 unspecified atom stereocenters. The van der Waals surface area contributed by atoms with Crippen molar-refractivity contribution in [1.29, 1.82) is 0 Å². The molecule has 0 aliphatic carbocycles. The molecule has 2 N–H and O–H groups in total. The number of hydrogen-bond acceptors (Lipinski definition) is 6. The molecule has 0 bridgehead atoms. The minimum Gasteiger partial charge on any atom is -0.477 e. The predicted molar refractivity (Wildman–Crippen MR) is 116 cm³/mol. The van der Waals surface area contributed by atoms with Crippen LogP contribution in [0.4, 0.5) is 0 Å². The Kier molecular flexibility index (Phi) is 8.23. The predicted octanol–water partition coefficient (Wildman–Crippen LogP) is 3.86. The third kappa shape index (κ3) is 6.87. The van der Waals surface area contributed by atoms with E-state index in [1.54, 1.807) is 18.2 Å². The number of carboxylic acid groups (broad SMARTS) is 1. The fourth-order valence-electron chi connectivity index (χ4n) is 2.87. The third-order valence-electron chi connectivity index (χ3n) is 4.28. The maximum atomic E-state index is 12.1. The van der Waals surface area contributed by atoms with Crippen molar-refractivity contribution in [2.75, 3.05) is 32.0 Å². The number of benzene rings is 1. The molecular formula is C19H20Cl2N2O4S2. The van der Waals surface area contributed by atoms with Crippen molar-refractivity contribution in [3.8, 4) is 0 Å². The van der Waals surface area contributed by atoms with Crippen LogP contribution in [-0.4, -0.2) is 60.0 Å². The van der Waals surface area contributed by atoms with Crippen molar-refractivity contribution < 1.29 is 19.4 Å². The summed E-state index contributed by atoms with van der Waals surface area (Å²) in [4.78, 5) is 25.5. The summed E-state index contributed by atoms with van der Waals surface area (Å²) in [5.41, 5.74) is 1.08. The normalized spacial score (nSPS) is 17.2. The van der Waals surface area contributed by atoms with Gasteiger partial charge in [-0.2, -0.15) is 0 Å². The van der Waals surface area contributed by atoms with E-state index in [4.69, 9.17) is 33.0 Å². The lowest BCUT2D eigenvalue weighted by Gasteiger charge is -2.33. The van der Waals surface area contributed by atoms with Gasteiger partial charge in [0.15, 0.2) is 0 Å². The number of hydrogen-bond donors (Lipinski definition) is 2. The van der Waals surface area contributed by atoms with Gasteiger partial charge in [-0.05, 0) is 29.8 Å². The van der Waals surface area contributed by atoms with E-state index < -0.39 is 5.97 Å². The van der Waals surface area contributed by atoms with Crippen LogP contribution in [0, 0.1) is 0 Å². The van der Waals surface area contributed by atoms with E-state index in [0.29, 0.717) is 29.7 Å². The first-order chi connectivity index (χ1) is 13.9. The Morgan fingerprint density at radius 1 is 1.28 bits per heavy atom. The second kappa shape index (κ2) is 10.7. The van der Waals surface area contributed by atoms with Crippen LogP contribution >= 0.6 is 46.3 Å². The van der Waals surface area contributed by atoms with Crippen LogP contribution < -0.4 is 5.32 Å². The monoisotopic (exact) mass is 474 g/mol. The van der Waals surface area contributed by atoms with Crippen LogP contribution in [0.15, 0.2) is 34.5 Å². The lowest BCUT2D eigenvalue weighted by atomic mass is 10.2. The van der Waals surface area contributed by atoms with Crippen molar-refractivity contribution >= 4 is 58.2 Å². The molecule has 1 saturated heterocycles. The summed E-state index contributed by atoms with van der Waals surface area (Å²) < 4.78 is 6.56. The van der Waals surface area contributed by atoms with E-state index in [0.717, 1.165) is 22.9 Å². The number of rotatable bonds is 8. The zero-order chi connectivity index (χ0) is 20.8. The van der Waals surface area contributed by atoms with Gasteiger partial charge in [0.2, 0.25) is 5.91 Å². The number of carbonyl (C=O) groups is 2. The second-order valence-corrected chi connectivity index (χ2v) is 9.67. The number of aromatic carboxylic acids is 1. The standard InChI is InChI=1S/C19H20Cl2N2O4S2/c20-14-2-1-12(7-15(14)21)9-23-5-6-27-13(10-23)8-22-17(24)11-28-18-4-3-16(29-18)19(25)26/h1-4,7,13H,5-6,8-11H2,(H,22,24)(H,25,26). The quantitative estimate of drug-likeness (QED) is 0.565. The Hall–Kier alpha value is -1.29. The number of carbonyl (C=O) groups excluding carboxylic acids is 1. The molecular weight excluding hydrogens is 455 g/mol. The molecule has 0 spiro atoms. The molecule has 2 aromatic rings. The lowest BCUT2D eigenvalue weighted by Crippen LogP contribution is -2.47. The largest absolute Gasteiger partial charge is 0.477 e. The van der Waals surface area contributed by atoms with E-state index in [-0.39, 0.29) is 22.6 Å². The van der Waals surface area contributed by atoms with Crippen LogP contribution in [0.5, 0.6) is 0 Å². The third-order valence-corrected chi connectivity index (χ3v) is 7.32. The maximum absolute atomic E-state index is 12.1. The molecule has 2 heterocycles. The number of nitrogens with zero attached hydrogens (tertiary/aromatic N) is 1. The Bertz CT molecular complexity index is 878. The van der Waals surface area contributed by atoms with Gasteiger partial charge in [0.25, 0.3) is 0 Å². The minimum absolute atomic E-state index is 0.0826. The summed E-state index contributed by atoms with van der Waals surface area (Å²) in [6.07, 6.45) is -0.0826. The molecule has 6 nitrogen and oxygen atoms in total. The van der Waals surface area contributed by atoms with Crippen molar-refractivity contribution in [1.82, 2.24) is 10.2 Å². The van der Waals surface area contributed by atoms with Crippen molar-refractivity contribution in [3.63, 3.8) is 0 Å². The van der Waals surface area contributed by atoms with E-state index in [2.05, 4.69) is 10.2 Å². The second-order valence-electron chi connectivity index (χ2n) is 6.49. The number of ether oxygens (including phenoxy) is 1. The Labute approximate surface area is 187 Å². The summed E-state index contributed by atoms with van der Waals surface area (Å²) in [6, 6.07) is 8.89. The summed E-state index contributed by atoms with van der Waals surface area (Å²) in [6.45, 7) is 3.29. The molecule has 29 heavy (non-hydrogen) atoms. The molecule has 0 saturated carbocycles. The highest BCUT2D eigenvalue weighted by Crippen LogP contribution is 2.27. The fourth-order valence-corrected chi connectivity index (χ4v) is 4.99. The SMILES string of the molecule is O=C(CSc1ccc(C(=O)O)s1)NCC1CN(Cc2ccc(Cl)c(Cl)c2)CCO1. The van der Waals surface area contributed by atoms with Gasteiger partial charge in [-0.15, -0.1) is 23.1 Å². The number of carboxylic acids is 1.